The molecule has 1 heterocycles. The molecule has 0 radical (unpaired) electrons. The summed E-state index contributed by atoms with van der Waals surface area (Å²) in [6, 6.07) is 7.83. The molecule has 1 amide bonds. The average Bonchev–Trinajstić information content (AvgIpc) is 2.50. The zero-order chi connectivity index (χ0) is 10.8. The van der Waals surface area contributed by atoms with Crippen molar-refractivity contribution in [3.8, 4) is 0 Å². The van der Waals surface area contributed by atoms with Crippen LogP contribution in [0.2, 0.25) is 5.32 Å². The Labute approximate surface area is 94.3 Å². The summed E-state index contributed by atoms with van der Waals surface area (Å²) in [5, 5.41) is 1.69. The molecule has 0 aliphatic carbocycles. The number of aryl methyl sites for hydroxylation is 1. The van der Waals surface area contributed by atoms with Crippen LogP contribution in [0, 0.1) is 6.92 Å². The van der Waals surface area contributed by atoms with Crippen LogP contribution in [0.1, 0.15) is 5.56 Å². The predicted molar refractivity (Wildman–Crippen MR) is 59.9 cm³/mol. The molecule has 0 spiro atoms. The Kier molecular flexibility index (Phi) is 2.86. The molecule has 15 heavy (non-hydrogen) atoms. The molecule has 1 aromatic rings. The predicted octanol–water partition coefficient (Wildman–Crippen LogP) is 0.821. The molecule has 2 rings (SSSR count). The van der Waals surface area contributed by atoms with Crippen LogP contribution in [0.5, 0.6) is 0 Å². The van der Waals surface area contributed by atoms with Crippen LogP contribution >= 0.6 is 0 Å². The number of aliphatic imine (C=N–C) groups is 1. The van der Waals surface area contributed by atoms with E-state index in [0.29, 0.717) is 10.1 Å². The Morgan fingerprint density at radius 2 is 2.33 bits per heavy atom. The average molecular weight is 268 g/mol. The van der Waals surface area contributed by atoms with Gasteiger partial charge in [0.15, 0.2) is 0 Å². The maximum absolute atomic E-state index is 11.2. The molecule has 0 unspecified atom stereocenters. The standard InChI is InChI=1S/C10H11N3OSe/c1-7-3-2-4-8(5-7)12-10-13(11)9(14)6-15-10/h2-5H,6,11H2,1H3. The van der Waals surface area contributed by atoms with Gasteiger partial charge in [-0.25, -0.2) is 0 Å². The van der Waals surface area contributed by atoms with Crippen molar-refractivity contribution in [1.29, 1.82) is 0 Å². The van der Waals surface area contributed by atoms with Crippen LogP contribution in [0.3, 0.4) is 0 Å². The molecule has 1 aliphatic heterocycles. The van der Waals surface area contributed by atoms with Gasteiger partial charge in [0.25, 0.3) is 0 Å². The molecule has 2 N–H and O–H groups in total. The second-order valence-electron chi connectivity index (χ2n) is 3.29. The number of hydrazine groups is 1. The van der Waals surface area contributed by atoms with Crippen LogP contribution in [0.25, 0.3) is 0 Å². The van der Waals surface area contributed by atoms with Gasteiger partial charge in [0, 0.05) is 0 Å². The van der Waals surface area contributed by atoms with Gasteiger partial charge in [-0.3, -0.25) is 0 Å². The van der Waals surface area contributed by atoms with Crippen molar-refractivity contribution in [2.45, 2.75) is 12.2 Å². The van der Waals surface area contributed by atoms with Crippen molar-refractivity contribution < 1.29 is 4.79 Å². The van der Waals surface area contributed by atoms with Crippen LogP contribution < -0.4 is 5.84 Å². The summed E-state index contributed by atoms with van der Waals surface area (Å²) in [6.45, 7) is 2.01. The molecule has 4 nitrogen and oxygen atoms in total. The first-order chi connectivity index (χ1) is 7.16. The first-order valence-electron chi connectivity index (χ1n) is 4.52. The molecule has 78 valence electrons. The van der Waals surface area contributed by atoms with E-state index >= 15 is 0 Å². The van der Waals surface area contributed by atoms with Crippen molar-refractivity contribution >= 4 is 31.3 Å². The second-order valence-corrected chi connectivity index (χ2v) is 5.26. The van der Waals surface area contributed by atoms with Gasteiger partial charge < -0.3 is 0 Å². The zero-order valence-electron chi connectivity index (χ0n) is 8.30. The van der Waals surface area contributed by atoms with Crippen molar-refractivity contribution in [1.82, 2.24) is 5.01 Å². The van der Waals surface area contributed by atoms with Crippen LogP contribution in [0.4, 0.5) is 5.69 Å². The van der Waals surface area contributed by atoms with Crippen LogP contribution in [-0.2, 0) is 4.79 Å². The Bertz CT molecular complexity index is 430. The first kappa shape index (κ1) is 10.4. The van der Waals surface area contributed by atoms with E-state index in [0.717, 1.165) is 11.3 Å². The molecule has 1 aromatic carbocycles. The summed E-state index contributed by atoms with van der Waals surface area (Å²) >= 11 is 0.0789. The van der Waals surface area contributed by atoms with E-state index < -0.39 is 0 Å². The van der Waals surface area contributed by atoms with Crippen molar-refractivity contribution in [2.75, 3.05) is 0 Å². The van der Waals surface area contributed by atoms with Gasteiger partial charge in [-0.15, -0.1) is 0 Å². The van der Waals surface area contributed by atoms with E-state index in [9.17, 15) is 4.79 Å². The first-order valence-corrected chi connectivity index (χ1v) is 6.59. The SMILES string of the molecule is Cc1cccc(N=C2[Se]CC(=O)N2N)c1. The third-order valence-corrected chi connectivity index (χ3v) is 3.99. The van der Waals surface area contributed by atoms with Crippen LogP contribution in [-0.4, -0.2) is 30.6 Å². The molecule has 1 aliphatic rings. The topological polar surface area (TPSA) is 58.7 Å². The minimum atomic E-state index is -0.0404. The van der Waals surface area contributed by atoms with Gasteiger partial charge in [-0.05, 0) is 0 Å². The molecule has 1 fully saturated rings. The quantitative estimate of drug-likeness (QED) is 0.466. The Hall–Kier alpha value is -1.16. The third kappa shape index (κ3) is 2.26. The molecular formula is C10H11N3OSe. The minimum absolute atomic E-state index is 0.0404. The van der Waals surface area contributed by atoms with Crippen molar-refractivity contribution in [2.24, 2.45) is 10.8 Å². The van der Waals surface area contributed by atoms with Gasteiger partial charge in [-0.1, -0.05) is 0 Å². The van der Waals surface area contributed by atoms with E-state index in [1.54, 1.807) is 0 Å². The zero-order valence-corrected chi connectivity index (χ0v) is 10.0. The number of nitrogens with two attached hydrogens (primary N) is 1. The summed E-state index contributed by atoms with van der Waals surface area (Å²) in [4.78, 5) is 15.6. The van der Waals surface area contributed by atoms with E-state index in [1.807, 2.05) is 31.2 Å². The number of carbonyl (C=O) groups is 1. The number of carbonyl (C=O) groups excluding carboxylic acids is 1. The summed E-state index contributed by atoms with van der Waals surface area (Å²) in [7, 11) is 0. The Balaban J connectivity index is 2.27. The van der Waals surface area contributed by atoms with E-state index in [-0.39, 0.29) is 20.9 Å². The van der Waals surface area contributed by atoms with Gasteiger partial charge in [0.05, 0.1) is 0 Å². The van der Waals surface area contributed by atoms with Crippen molar-refractivity contribution in [3.05, 3.63) is 29.8 Å². The second kappa shape index (κ2) is 4.14. The van der Waals surface area contributed by atoms with Crippen LogP contribution in [0.15, 0.2) is 29.3 Å². The molecule has 1 saturated heterocycles. The maximum atomic E-state index is 11.2. The Morgan fingerprint density at radius 3 is 2.93 bits per heavy atom. The fourth-order valence-electron chi connectivity index (χ4n) is 1.27. The number of amidine groups is 1. The number of nitrogens with zero attached hydrogens (tertiary/aromatic N) is 2. The molecule has 0 saturated carbocycles. The molecular weight excluding hydrogens is 257 g/mol. The molecule has 0 aromatic heterocycles. The van der Waals surface area contributed by atoms with E-state index in [4.69, 9.17) is 5.84 Å². The summed E-state index contributed by atoms with van der Waals surface area (Å²) in [5.41, 5.74) is 2.01. The summed E-state index contributed by atoms with van der Waals surface area (Å²) in [6.07, 6.45) is 0. The van der Waals surface area contributed by atoms with E-state index in [2.05, 4.69) is 4.99 Å². The van der Waals surface area contributed by atoms with Gasteiger partial charge in [0.1, 0.15) is 0 Å². The fourth-order valence-corrected chi connectivity index (χ4v) is 2.95. The third-order valence-electron chi connectivity index (χ3n) is 2.03. The van der Waals surface area contributed by atoms with Gasteiger partial charge in [0.2, 0.25) is 0 Å². The number of hydrogen-bond acceptors (Lipinski definition) is 3. The monoisotopic (exact) mass is 269 g/mol. The number of rotatable bonds is 1. The van der Waals surface area contributed by atoms with Gasteiger partial charge in [-0.2, -0.15) is 0 Å². The summed E-state index contributed by atoms with van der Waals surface area (Å²) < 4.78 is 0.707. The normalized spacial score (nSPS) is 18.9. The number of amides is 1. The number of hydrogen-bond donors (Lipinski definition) is 1. The number of benzene rings is 1. The van der Waals surface area contributed by atoms with E-state index in [1.165, 1.54) is 5.01 Å². The summed E-state index contributed by atoms with van der Waals surface area (Å²) in [5.74, 6) is 5.54. The molecule has 0 bridgehead atoms. The fraction of sp³-hybridized carbons (Fsp3) is 0.200. The molecule has 0 atom stereocenters. The van der Waals surface area contributed by atoms with Gasteiger partial charge >= 0.3 is 94.0 Å². The molecule has 5 heteroatoms. The Morgan fingerprint density at radius 1 is 1.53 bits per heavy atom. The van der Waals surface area contributed by atoms with Crippen molar-refractivity contribution in [3.63, 3.8) is 0 Å².